The zero-order chi connectivity index (χ0) is 19.0. The molecule has 0 spiro atoms. The zero-order valence-electron chi connectivity index (χ0n) is 14.5. The summed E-state index contributed by atoms with van der Waals surface area (Å²) >= 11 is 0. The molecule has 138 valence electrons. The minimum Gasteiger partial charge on any atom is -0.367 e. The predicted molar refractivity (Wildman–Crippen MR) is 98.4 cm³/mol. The van der Waals surface area contributed by atoms with Gasteiger partial charge in [0, 0.05) is 49.5 Å². The van der Waals surface area contributed by atoms with Gasteiger partial charge in [0.2, 0.25) is 0 Å². The Morgan fingerprint density at radius 1 is 1.11 bits per heavy atom. The molecule has 0 aliphatic carbocycles. The normalized spacial score (nSPS) is 14.6. The number of carbonyl (C=O) groups is 2. The van der Waals surface area contributed by atoms with E-state index in [0.29, 0.717) is 31.7 Å². The van der Waals surface area contributed by atoms with Crippen molar-refractivity contribution in [3.8, 4) is 0 Å². The summed E-state index contributed by atoms with van der Waals surface area (Å²) in [5.41, 5.74) is 2.17. The lowest BCUT2D eigenvalue weighted by atomic mass is 10.1. The molecule has 0 radical (unpaired) electrons. The number of halogens is 1. The van der Waals surface area contributed by atoms with Crippen LogP contribution in [0.1, 0.15) is 16.1 Å². The summed E-state index contributed by atoms with van der Waals surface area (Å²) in [6.07, 6.45) is 3.05. The lowest BCUT2D eigenvalue weighted by Crippen LogP contribution is -2.49. The minimum absolute atomic E-state index is 0.0670. The van der Waals surface area contributed by atoms with Crippen molar-refractivity contribution in [1.29, 1.82) is 0 Å². The third-order valence-corrected chi connectivity index (χ3v) is 4.85. The molecule has 27 heavy (non-hydrogen) atoms. The van der Waals surface area contributed by atoms with Gasteiger partial charge in [0.25, 0.3) is 11.7 Å². The lowest BCUT2D eigenvalue weighted by Gasteiger charge is -2.36. The highest BCUT2D eigenvalue weighted by Crippen LogP contribution is 2.23. The number of piperazine rings is 1. The molecule has 1 saturated heterocycles. The average Bonchev–Trinajstić information content (AvgIpc) is 3.37. The Morgan fingerprint density at radius 3 is 2.56 bits per heavy atom. The van der Waals surface area contributed by atoms with E-state index in [-0.39, 0.29) is 10.9 Å². The number of nitrogens with zero attached hydrogens (tertiary/aromatic N) is 3. The van der Waals surface area contributed by atoms with Gasteiger partial charge in [-0.05, 0) is 18.2 Å². The third-order valence-electron chi connectivity index (χ3n) is 4.85. The highest BCUT2D eigenvalue weighted by molar-refractivity contribution is 6.44. The molecule has 1 aromatic carbocycles. The van der Waals surface area contributed by atoms with Gasteiger partial charge in [-0.25, -0.2) is 4.39 Å². The second-order valence-corrected chi connectivity index (χ2v) is 6.39. The fourth-order valence-electron chi connectivity index (χ4n) is 3.34. The fraction of sp³-hybridized carbons (Fsp3) is 0.211. The standard InChI is InChI=1S/C19H18FN5O2/c1-12(15-5-6-22-23-15)24-7-9-25(10-8-24)19(27)18(26)13-11-21-16-4-2-3-14(20)17(13)16/h2-6,11,21H,1,7-10H2,(H,22,23). The van der Waals surface area contributed by atoms with Crippen LogP contribution in [0.25, 0.3) is 16.6 Å². The van der Waals surface area contributed by atoms with Crippen molar-refractivity contribution in [2.24, 2.45) is 0 Å². The maximum absolute atomic E-state index is 14.1. The highest BCUT2D eigenvalue weighted by atomic mass is 19.1. The largest absolute Gasteiger partial charge is 0.367 e. The summed E-state index contributed by atoms with van der Waals surface area (Å²) in [7, 11) is 0. The van der Waals surface area contributed by atoms with Crippen molar-refractivity contribution in [2.75, 3.05) is 26.2 Å². The van der Waals surface area contributed by atoms with Crippen LogP contribution in [0.3, 0.4) is 0 Å². The van der Waals surface area contributed by atoms with Gasteiger partial charge < -0.3 is 14.8 Å². The molecule has 1 amide bonds. The van der Waals surface area contributed by atoms with E-state index in [2.05, 4.69) is 21.8 Å². The summed E-state index contributed by atoms with van der Waals surface area (Å²) in [5, 5.41) is 6.93. The SMILES string of the molecule is C=C(c1ccn[nH]1)N1CCN(C(=O)C(=O)c2c[nH]c3cccc(F)c23)CC1. The van der Waals surface area contributed by atoms with Crippen LogP contribution in [-0.2, 0) is 4.79 Å². The van der Waals surface area contributed by atoms with Crippen LogP contribution in [0.15, 0.2) is 43.2 Å². The Labute approximate surface area is 154 Å². The quantitative estimate of drug-likeness (QED) is 0.546. The summed E-state index contributed by atoms with van der Waals surface area (Å²) in [6, 6.07) is 6.32. The summed E-state index contributed by atoms with van der Waals surface area (Å²) < 4.78 is 14.1. The van der Waals surface area contributed by atoms with E-state index in [1.54, 1.807) is 18.3 Å². The smallest absolute Gasteiger partial charge is 0.295 e. The van der Waals surface area contributed by atoms with Crippen molar-refractivity contribution in [1.82, 2.24) is 25.0 Å². The van der Waals surface area contributed by atoms with Crippen molar-refractivity contribution < 1.29 is 14.0 Å². The number of nitrogens with one attached hydrogen (secondary N) is 2. The number of Topliss-reactive ketones (excluding diaryl/α,β-unsaturated/α-hetero) is 1. The van der Waals surface area contributed by atoms with Gasteiger partial charge in [0.1, 0.15) is 5.82 Å². The number of aromatic nitrogens is 3. The Hall–Kier alpha value is -3.42. The number of fused-ring (bicyclic) bond motifs is 1. The van der Waals surface area contributed by atoms with Crippen LogP contribution in [-0.4, -0.2) is 62.9 Å². The number of benzene rings is 1. The van der Waals surface area contributed by atoms with E-state index in [4.69, 9.17) is 0 Å². The van der Waals surface area contributed by atoms with Crippen LogP contribution >= 0.6 is 0 Å². The molecule has 3 heterocycles. The van der Waals surface area contributed by atoms with Gasteiger partial charge in [-0.1, -0.05) is 12.6 Å². The van der Waals surface area contributed by atoms with Gasteiger partial charge in [-0.15, -0.1) is 0 Å². The second-order valence-electron chi connectivity index (χ2n) is 6.39. The zero-order valence-corrected chi connectivity index (χ0v) is 14.5. The maximum Gasteiger partial charge on any atom is 0.295 e. The number of hydrogen-bond donors (Lipinski definition) is 2. The van der Waals surface area contributed by atoms with E-state index in [1.165, 1.54) is 17.2 Å². The first-order chi connectivity index (χ1) is 13.1. The average molecular weight is 367 g/mol. The van der Waals surface area contributed by atoms with E-state index in [9.17, 15) is 14.0 Å². The molecule has 2 aromatic heterocycles. The Morgan fingerprint density at radius 2 is 1.85 bits per heavy atom. The molecule has 2 N–H and O–H groups in total. The molecule has 1 aliphatic rings. The van der Waals surface area contributed by atoms with Gasteiger partial charge in [-0.2, -0.15) is 5.10 Å². The van der Waals surface area contributed by atoms with E-state index < -0.39 is 17.5 Å². The number of H-pyrrole nitrogens is 2. The van der Waals surface area contributed by atoms with Crippen LogP contribution in [0.4, 0.5) is 4.39 Å². The van der Waals surface area contributed by atoms with Crippen molar-refractivity contribution in [3.63, 3.8) is 0 Å². The van der Waals surface area contributed by atoms with Gasteiger partial charge in [0.05, 0.1) is 17.0 Å². The second kappa shape index (κ2) is 6.71. The molecule has 4 rings (SSSR count). The molecular formula is C19H18FN5O2. The Kier molecular flexibility index (Phi) is 4.23. The summed E-state index contributed by atoms with van der Waals surface area (Å²) in [4.78, 5) is 31.7. The van der Waals surface area contributed by atoms with E-state index in [0.717, 1.165) is 11.4 Å². The van der Waals surface area contributed by atoms with Gasteiger partial charge in [-0.3, -0.25) is 14.7 Å². The van der Waals surface area contributed by atoms with Crippen molar-refractivity contribution in [2.45, 2.75) is 0 Å². The van der Waals surface area contributed by atoms with Crippen LogP contribution in [0, 0.1) is 5.82 Å². The Bertz CT molecular complexity index is 1020. The molecule has 0 atom stereocenters. The number of ketones is 1. The minimum atomic E-state index is -0.702. The molecule has 0 unspecified atom stereocenters. The molecule has 8 heteroatoms. The lowest BCUT2D eigenvalue weighted by molar-refractivity contribution is -0.127. The highest BCUT2D eigenvalue weighted by Gasteiger charge is 2.29. The maximum atomic E-state index is 14.1. The number of hydrogen-bond acceptors (Lipinski definition) is 4. The van der Waals surface area contributed by atoms with Crippen LogP contribution in [0.2, 0.25) is 0 Å². The molecule has 1 fully saturated rings. The first-order valence-electron chi connectivity index (χ1n) is 8.59. The van der Waals surface area contributed by atoms with E-state index in [1.807, 2.05) is 11.0 Å². The summed E-state index contributed by atoms with van der Waals surface area (Å²) in [6.45, 7) is 5.94. The van der Waals surface area contributed by atoms with Crippen molar-refractivity contribution in [3.05, 3.63) is 60.3 Å². The number of amides is 1. The molecule has 7 nitrogen and oxygen atoms in total. The number of aromatic amines is 2. The molecular weight excluding hydrogens is 349 g/mol. The third kappa shape index (κ3) is 2.99. The van der Waals surface area contributed by atoms with Gasteiger partial charge >= 0.3 is 0 Å². The summed E-state index contributed by atoms with van der Waals surface area (Å²) in [5.74, 6) is -1.84. The first-order valence-corrected chi connectivity index (χ1v) is 8.59. The molecule has 0 saturated carbocycles. The number of carbonyl (C=O) groups excluding carboxylic acids is 2. The first kappa shape index (κ1) is 17.0. The monoisotopic (exact) mass is 367 g/mol. The Balaban J connectivity index is 1.46. The van der Waals surface area contributed by atoms with Gasteiger partial charge in [0.15, 0.2) is 0 Å². The predicted octanol–water partition coefficient (Wildman–Crippen LogP) is 2.03. The number of rotatable bonds is 4. The topological polar surface area (TPSA) is 85.1 Å². The van der Waals surface area contributed by atoms with Crippen molar-refractivity contribution >= 4 is 28.3 Å². The van der Waals surface area contributed by atoms with Crippen LogP contribution < -0.4 is 0 Å². The molecule has 3 aromatic rings. The molecule has 0 bridgehead atoms. The fourth-order valence-corrected chi connectivity index (χ4v) is 3.34. The van der Waals surface area contributed by atoms with E-state index >= 15 is 0 Å². The van der Waals surface area contributed by atoms with Crippen LogP contribution in [0.5, 0.6) is 0 Å². The molecule has 1 aliphatic heterocycles.